The molecule has 1 aliphatic heterocycles. The van der Waals surface area contributed by atoms with Crippen molar-refractivity contribution in [3.63, 3.8) is 0 Å². The molecular weight excluding hydrogens is 396 g/mol. The fraction of sp³-hybridized carbons (Fsp3) is 0.450. The van der Waals surface area contributed by atoms with Gasteiger partial charge in [0.2, 0.25) is 5.91 Å². The molecule has 1 atom stereocenters. The SMILES string of the molecule is CC(=O)N1CCOc2cc(OCC(O)C[NH2+]C(C)C)ccc21.O=C([O-])/C=C/C(=O)O. The second-order valence-corrected chi connectivity index (χ2v) is 6.82. The number of ether oxygens (including phenoxy) is 2. The van der Waals surface area contributed by atoms with Crippen molar-refractivity contribution in [2.24, 2.45) is 0 Å². The lowest BCUT2D eigenvalue weighted by molar-refractivity contribution is -0.688. The summed E-state index contributed by atoms with van der Waals surface area (Å²) in [5.41, 5.74) is 0.764. The van der Waals surface area contributed by atoms with E-state index in [9.17, 15) is 24.6 Å². The average Bonchev–Trinajstić information content (AvgIpc) is 2.68. The molecule has 166 valence electrons. The average molecular weight is 424 g/mol. The number of hydrogen-bond acceptors (Lipinski definition) is 7. The fourth-order valence-electron chi connectivity index (χ4n) is 2.45. The first kappa shape index (κ1) is 24.9. The summed E-state index contributed by atoms with van der Waals surface area (Å²) in [6, 6.07) is 5.83. The van der Waals surface area contributed by atoms with Crippen LogP contribution in [0.15, 0.2) is 30.4 Å². The summed E-state index contributed by atoms with van der Waals surface area (Å²) >= 11 is 0. The third kappa shape index (κ3) is 9.39. The molecule has 0 aliphatic carbocycles. The van der Waals surface area contributed by atoms with E-state index >= 15 is 0 Å². The van der Waals surface area contributed by atoms with Crippen molar-refractivity contribution in [3.8, 4) is 11.5 Å². The minimum Gasteiger partial charge on any atom is -0.545 e. The predicted octanol–water partition coefficient (Wildman–Crippen LogP) is -1.48. The third-order valence-electron chi connectivity index (χ3n) is 3.86. The van der Waals surface area contributed by atoms with Gasteiger partial charge in [0, 0.05) is 19.1 Å². The molecule has 0 saturated heterocycles. The van der Waals surface area contributed by atoms with Crippen LogP contribution in [0.3, 0.4) is 0 Å². The molecule has 4 N–H and O–H groups in total. The number of nitrogens with two attached hydrogens (primary N) is 1. The van der Waals surface area contributed by atoms with Crippen molar-refractivity contribution < 1.29 is 44.5 Å². The van der Waals surface area contributed by atoms with Gasteiger partial charge < -0.3 is 39.8 Å². The fourth-order valence-corrected chi connectivity index (χ4v) is 2.45. The molecular formula is C20H28N2O8. The highest BCUT2D eigenvalue weighted by Crippen LogP contribution is 2.34. The van der Waals surface area contributed by atoms with E-state index in [1.54, 1.807) is 24.0 Å². The Morgan fingerprint density at radius 3 is 2.57 bits per heavy atom. The first-order chi connectivity index (χ1) is 14.1. The highest BCUT2D eigenvalue weighted by Gasteiger charge is 2.21. The van der Waals surface area contributed by atoms with Crippen LogP contribution in [-0.4, -0.2) is 66.5 Å². The van der Waals surface area contributed by atoms with Crippen molar-refractivity contribution in [2.45, 2.75) is 32.9 Å². The number of aliphatic carboxylic acids is 2. The zero-order valence-corrected chi connectivity index (χ0v) is 17.2. The summed E-state index contributed by atoms with van der Waals surface area (Å²) in [7, 11) is 0. The Kier molecular flexibility index (Phi) is 10.3. The van der Waals surface area contributed by atoms with Gasteiger partial charge in [0.1, 0.15) is 37.4 Å². The van der Waals surface area contributed by atoms with Gasteiger partial charge in [-0.1, -0.05) is 0 Å². The quantitative estimate of drug-likeness (QED) is 0.427. The Labute approximate surface area is 174 Å². The Bertz CT molecular complexity index is 747. The van der Waals surface area contributed by atoms with E-state index in [0.717, 1.165) is 5.69 Å². The van der Waals surface area contributed by atoms with Crippen molar-refractivity contribution in [2.75, 3.05) is 31.2 Å². The number of nitrogens with zero attached hydrogens (tertiary/aromatic N) is 1. The lowest BCUT2D eigenvalue weighted by Crippen LogP contribution is -2.90. The molecule has 1 aromatic carbocycles. The zero-order valence-electron chi connectivity index (χ0n) is 17.2. The summed E-state index contributed by atoms with van der Waals surface area (Å²) in [6.07, 6.45) is 0.422. The normalized spacial score (nSPS) is 13.7. The van der Waals surface area contributed by atoms with E-state index in [2.05, 4.69) is 19.2 Å². The van der Waals surface area contributed by atoms with Crippen LogP contribution in [0.4, 0.5) is 5.69 Å². The zero-order chi connectivity index (χ0) is 22.7. The predicted molar refractivity (Wildman–Crippen MR) is 105 cm³/mol. The topological polar surface area (TPSA) is 153 Å². The van der Waals surface area contributed by atoms with Gasteiger partial charge in [0.15, 0.2) is 0 Å². The Balaban J connectivity index is 0.000000479. The minimum atomic E-state index is -1.51. The van der Waals surface area contributed by atoms with Gasteiger partial charge >= 0.3 is 5.97 Å². The van der Waals surface area contributed by atoms with Crippen LogP contribution in [0.1, 0.15) is 20.8 Å². The molecule has 1 unspecified atom stereocenters. The van der Waals surface area contributed by atoms with Gasteiger partial charge in [-0.3, -0.25) is 4.79 Å². The molecule has 1 aliphatic rings. The number of aliphatic hydroxyl groups excluding tert-OH is 1. The Morgan fingerprint density at radius 1 is 1.33 bits per heavy atom. The van der Waals surface area contributed by atoms with Gasteiger partial charge in [-0.2, -0.15) is 0 Å². The van der Waals surface area contributed by atoms with E-state index < -0.39 is 18.0 Å². The summed E-state index contributed by atoms with van der Waals surface area (Å²) in [4.78, 5) is 32.2. The van der Waals surface area contributed by atoms with Gasteiger partial charge in [0.05, 0.1) is 24.2 Å². The number of aliphatic hydroxyl groups is 1. The summed E-state index contributed by atoms with van der Waals surface area (Å²) < 4.78 is 11.2. The molecule has 0 saturated carbocycles. The maximum absolute atomic E-state index is 11.6. The van der Waals surface area contributed by atoms with Crippen molar-refractivity contribution in [3.05, 3.63) is 30.4 Å². The molecule has 0 aromatic heterocycles. The van der Waals surface area contributed by atoms with Crippen LogP contribution in [0.5, 0.6) is 11.5 Å². The van der Waals surface area contributed by atoms with Crippen LogP contribution in [0, 0.1) is 0 Å². The highest BCUT2D eigenvalue weighted by molar-refractivity contribution is 5.93. The van der Waals surface area contributed by atoms with Gasteiger partial charge in [0.25, 0.3) is 0 Å². The van der Waals surface area contributed by atoms with E-state index in [4.69, 9.17) is 14.6 Å². The molecule has 30 heavy (non-hydrogen) atoms. The number of rotatable bonds is 8. The molecule has 0 fully saturated rings. The van der Waals surface area contributed by atoms with Crippen LogP contribution in [0.25, 0.3) is 0 Å². The van der Waals surface area contributed by atoms with Crippen LogP contribution in [0.2, 0.25) is 0 Å². The molecule has 0 radical (unpaired) electrons. The summed E-state index contributed by atoms with van der Waals surface area (Å²) in [5.74, 6) is -1.53. The number of anilines is 1. The van der Waals surface area contributed by atoms with Crippen molar-refractivity contribution >= 4 is 23.5 Å². The minimum absolute atomic E-state index is 0.00198. The van der Waals surface area contributed by atoms with E-state index in [0.29, 0.717) is 49.4 Å². The number of carboxylic acids is 2. The second kappa shape index (κ2) is 12.5. The highest BCUT2D eigenvalue weighted by atomic mass is 16.5. The number of quaternary nitrogens is 1. The standard InChI is InChI=1S/C16H24N2O4.C4H4O4/c1-11(2)17-9-13(20)10-22-14-4-5-15-16(8-14)21-7-6-18(15)12(3)19;5-3(6)1-2-4(7)8/h4-5,8,11,13,17,20H,6-7,9-10H2,1-3H3;1-2H,(H,5,6)(H,7,8)/b;2-1+. The number of benzene rings is 1. The molecule has 10 heteroatoms. The number of amides is 1. The monoisotopic (exact) mass is 424 g/mol. The Hall–Kier alpha value is -3.11. The second-order valence-electron chi connectivity index (χ2n) is 6.82. The molecule has 0 spiro atoms. The smallest absolute Gasteiger partial charge is 0.328 e. The van der Waals surface area contributed by atoms with E-state index in [1.165, 1.54) is 0 Å². The molecule has 1 amide bonds. The van der Waals surface area contributed by atoms with Crippen molar-refractivity contribution in [1.82, 2.24) is 0 Å². The maximum Gasteiger partial charge on any atom is 0.328 e. The molecule has 1 heterocycles. The van der Waals surface area contributed by atoms with Gasteiger partial charge in [-0.15, -0.1) is 0 Å². The molecule has 10 nitrogen and oxygen atoms in total. The molecule has 0 bridgehead atoms. The van der Waals surface area contributed by atoms with Crippen LogP contribution in [-0.2, 0) is 14.4 Å². The van der Waals surface area contributed by atoms with Crippen LogP contribution < -0.4 is 24.8 Å². The number of hydrogen-bond donors (Lipinski definition) is 3. The molecule has 2 rings (SSSR count). The number of carbonyl (C=O) groups is 3. The lowest BCUT2D eigenvalue weighted by atomic mass is 10.2. The van der Waals surface area contributed by atoms with Gasteiger partial charge in [-0.05, 0) is 32.1 Å². The van der Waals surface area contributed by atoms with E-state index in [-0.39, 0.29) is 12.5 Å². The first-order valence-corrected chi connectivity index (χ1v) is 9.41. The summed E-state index contributed by atoms with van der Waals surface area (Å²) in [5, 5.41) is 29.2. The number of carbonyl (C=O) groups excluding carboxylic acids is 2. The van der Waals surface area contributed by atoms with Crippen LogP contribution >= 0.6 is 0 Å². The number of carboxylic acid groups (broad SMARTS) is 2. The third-order valence-corrected chi connectivity index (χ3v) is 3.86. The molecule has 1 aromatic rings. The number of fused-ring (bicyclic) bond motifs is 1. The first-order valence-electron chi connectivity index (χ1n) is 9.41. The van der Waals surface area contributed by atoms with Gasteiger partial charge in [-0.25, -0.2) is 4.79 Å². The van der Waals surface area contributed by atoms with Crippen molar-refractivity contribution in [1.29, 1.82) is 0 Å². The summed E-state index contributed by atoms with van der Waals surface area (Å²) in [6.45, 7) is 7.58. The largest absolute Gasteiger partial charge is 0.545 e. The maximum atomic E-state index is 11.6. The Morgan fingerprint density at radius 2 is 2.03 bits per heavy atom. The lowest BCUT2D eigenvalue weighted by Gasteiger charge is -2.28. The van der Waals surface area contributed by atoms with E-state index in [1.807, 2.05) is 6.07 Å².